The van der Waals surface area contributed by atoms with Gasteiger partial charge in [-0.1, -0.05) is 156 Å². The van der Waals surface area contributed by atoms with Crippen LogP contribution in [-0.4, -0.2) is 0 Å². The fraction of sp³-hybridized carbons (Fsp3) is 0.219. The van der Waals surface area contributed by atoms with Gasteiger partial charge in [0.05, 0.1) is 11.4 Å². The predicted octanol–water partition coefficient (Wildman–Crippen LogP) is 18.1. The fourth-order valence-electron chi connectivity index (χ4n) is 11.2. The lowest BCUT2D eigenvalue weighted by molar-refractivity contribution is 0.350. The molecule has 0 unspecified atom stereocenters. The molecule has 9 aromatic rings. The molecule has 0 aliphatic heterocycles. The van der Waals surface area contributed by atoms with Gasteiger partial charge in [-0.3, -0.25) is 0 Å². The second-order valence-corrected chi connectivity index (χ2v) is 19.8. The molecule has 9 aromatic carbocycles. The van der Waals surface area contributed by atoms with Gasteiger partial charge in [0.2, 0.25) is 0 Å². The maximum Gasteiger partial charge on any atom is 0.0619 e. The molecule has 0 heterocycles. The Morgan fingerprint density at radius 2 is 0.591 bits per heavy atom. The summed E-state index contributed by atoms with van der Waals surface area (Å²) in [5.74, 6) is 2.43. The van der Waals surface area contributed by atoms with Crippen molar-refractivity contribution >= 4 is 55.7 Å². The SMILES string of the molecule is Cc1ccc(C2CC(c3ccc(N(c4ccc(C)cc4)c4c5ccccc5c(N(c5ccc(C)cc5)c5ccc(C6CC(c7ccc(C)cc7)C6)c(C)c5)c5ccccc45)cc3C)C2)cc1. The van der Waals surface area contributed by atoms with Crippen molar-refractivity contribution in [3.8, 4) is 0 Å². The van der Waals surface area contributed by atoms with Crippen LogP contribution in [0.4, 0.5) is 34.1 Å². The molecule has 0 N–H and O–H groups in total. The van der Waals surface area contributed by atoms with E-state index in [1.165, 1.54) is 126 Å². The Labute approximate surface area is 392 Å². The lowest BCUT2D eigenvalue weighted by Gasteiger charge is -2.38. The van der Waals surface area contributed by atoms with Gasteiger partial charge in [0.15, 0.2) is 0 Å². The van der Waals surface area contributed by atoms with E-state index in [0.29, 0.717) is 23.7 Å². The minimum absolute atomic E-state index is 0.578. The van der Waals surface area contributed by atoms with Crippen LogP contribution in [0, 0.1) is 41.5 Å². The monoisotopic (exact) mass is 856 g/mol. The zero-order chi connectivity index (χ0) is 45.1. The lowest BCUT2D eigenvalue weighted by Crippen LogP contribution is -2.21. The Morgan fingerprint density at radius 3 is 0.894 bits per heavy atom. The number of aryl methyl sites for hydroxylation is 6. The van der Waals surface area contributed by atoms with E-state index in [-0.39, 0.29) is 0 Å². The van der Waals surface area contributed by atoms with Crippen molar-refractivity contribution < 1.29 is 0 Å². The largest absolute Gasteiger partial charge is 0.309 e. The summed E-state index contributed by atoms with van der Waals surface area (Å²) < 4.78 is 0. The van der Waals surface area contributed by atoms with Gasteiger partial charge < -0.3 is 9.80 Å². The second kappa shape index (κ2) is 17.1. The number of fused-ring (bicyclic) bond motifs is 2. The quantitative estimate of drug-likeness (QED) is 0.0999. The van der Waals surface area contributed by atoms with Crippen LogP contribution in [-0.2, 0) is 0 Å². The summed E-state index contributed by atoms with van der Waals surface area (Å²) in [4.78, 5) is 5.05. The van der Waals surface area contributed by atoms with E-state index in [4.69, 9.17) is 0 Å². The van der Waals surface area contributed by atoms with Crippen molar-refractivity contribution in [1.29, 1.82) is 0 Å². The number of anilines is 6. The van der Waals surface area contributed by atoms with Crippen LogP contribution in [0.2, 0.25) is 0 Å². The molecule has 2 aliphatic rings. The number of benzene rings is 9. The molecule has 11 rings (SSSR count). The molecule has 0 bridgehead atoms. The summed E-state index contributed by atoms with van der Waals surface area (Å²) in [6.45, 7) is 13.4. The second-order valence-electron chi connectivity index (χ2n) is 19.8. The van der Waals surface area contributed by atoms with E-state index in [1.807, 2.05) is 0 Å². The number of hydrogen-bond donors (Lipinski definition) is 0. The molecule has 66 heavy (non-hydrogen) atoms. The van der Waals surface area contributed by atoms with Crippen LogP contribution < -0.4 is 9.80 Å². The van der Waals surface area contributed by atoms with E-state index in [1.54, 1.807) is 0 Å². The average molecular weight is 857 g/mol. The van der Waals surface area contributed by atoms with Gasteiger partial charge in [0.1, 0.15) is 0 Å². The first-order chi connectivity index (χ1) is 32.2. The number of nitrogens with zero attached hydrogens (tertiary/aromatic N) is 2. The standard InChI is InChI=1S/C64H60N2/c1-41-15-23-47(24-16-41)49-37-51(38-49)57-33-31-55(35-45(57)5)65(53-27-19-43(3)20-28-53)63-59-11-7-9-13-61(59)64(62-14-10-8-12-60(62)63)66(54-29-21-44(4)22-30-54)56-32-34-58(46(6)36-56)52-39-50(40-52)48-25-17-42(2)18-26-48/h7-36,49-52H,37-40H2,1-6H3. The maximum absolute atomic E-state index is 2.53. The summed E-state index contributed by atoms with van der Waals surface area (Å²) in [7, 11) is 0. The normalized spacial score (nSPS) is 17.9. The molecule has 0 spiro atoms. The van der Waals surface area contributed by atoms with Gasteiger partial charge in [-0.05, 0) is 173 Å². The van der Waals surface area contributed by atoms with Crippen molar-refractivity contribution in [1.82, 2.24) is 0 Å². The highest BCUT2D eigenvalue weighted by Crippen LogP contribution is 2.54. The molecule has 0 saturated heterocycles. The van der Waals surface area contributed by atoms with Crippen molar-refractivity contribution in [2.24, 2.45) is 0 Å². The zero-order valence-electron chi connectivity index (χ0n) is 39.4. The van der Waals surface area contributed by atoms with E-state index in [0.717, 1.165) is 11.4 Å². The molecular formula is C64H60N2. The number of hydrogen-bond acceptors (Lipinski definition) is 2. The molecule has 0 radical (unpaired) electrons. The highest BCUT2D eigenvalue weighted by Gasteiger charge is 2.34. The average Bonchev–Trinajstić information content (AvgIpc) is 3.30. The Bertz CT molecular complexity index is 2930. The minimum atomic E-state index is 0.578. The van der Waals surface area contributed by atoms with Crippen molar-refractivity contribution in [2.75, 3.05) is 9.80 Å². The van der Waals surface area contributed by atoms with Crippen LogP contribution in [0.3, 0.4) is 0 Å². The highest BCUT2D eigenvalue weighted by atomic mass is 15.2. The van der Waals surface area contributed by atoms with Crippen molar-refractivity contribution in [3.05, 3.63) is 238 Å². The molecule has 2 saturated carbocycles. The Hall–Kier alpha value is -6.90. The topological polar surface area (TPSA) is 6.48 Å². The van der Waals surface area contributed by atoms with Crippen LogP contribution in [0.5, 0.6) is 0 Å². The van der Waals surface area contributed by atoms with E-state index in [9.17, 15) is 0 Å². The lowest BCUT2D eigenvalue weighted by atomic mass is 9.68. The molecule has 0 atom stereocenters. The van der Waals surface area contributed by atoms with E-state index < -0.39 is 0 Å². The third-order valence-electron chi connectivity index (χ3n) is 15.2. The van der Waals surface area contributed by atoms with Crippen LogP contribution in [0.15, 0.2) is 182 Å². The Balaban J connectivity index is 1.03. The molecule has 2 heteroatoms. The van der Waals surface area contributed by atoms with Crippen LogP contribution in [0.1, 0.15) is 105 Å². The van der Waals surface area contributed by atoms with Crippen LogP contribution in [0.25, 0.3) is 21.5 Å². The Kier molecular flexibility index (Phi) is 10.9. The first kappa shape index (κ1) is 41.8. The van der Waals surface area contributed by atoms with Gasteiger partial charge in [-0.15, -0.1) is 0 Å². The third-order valence-corrected chi connectivity index (χ3v) is 15.2. The van der Waals surface area contributed by atoms with Gasteiger partial charge in [0.25, 0.3) is 0 Å². The summed E-state index contributed by atoms with van der Waals surface area (Å²) in [6, 6.07) is 69.3. The fourth-order valence-corrected chi connectivity index (χ4v) is 11.2. The molecule has 0 amide bonds. The molecule has 2 aliphatic carbocycles. The first-order valence-corrected chi connectivity index (χ1v) is 24.2. The maximum atomic E-state index is 2.53. The third kappa shape index (κ3) is 7.67. The minimum Gasteiger partial charge on any atom is -0.309 e. The van der Waals surface area contributed by atoms with Gasteiger partial charge in [-0.2, -0.15) is 0 Å². The summed E-state index contributed by atoms with van der Waals surface area (Å²) in [5, 5.41) is 4.87. The number of rotatable bonds is 10. The highest BCUT2D eigenvalue weighted by molar-refractivity contribution is 6.23. The Morgan fingerprint density at radius 1 is 0.303 bits per heavy atom. The summed E-state index contributed by atoms with van der Waals surface area (Å²) in [6.07, 6.45) is 4.82. The van der Waals surface area contributed by atoms with E-state index >= 15 is 0 Å². The summed E-state index contributed by atoms with van der Waals surface area (Å²) in [5.41, 5.74) is 20.9. The van der Waals surface area contributed by atoms with Gasteiger partial charge >= 0.3 is 0 Å². The van der Waals surface area contributed by atoms with Gasteiger partial charge in [0, 0.05) is 44.3 Å². The molecule has 2 nitrogen and oxygen atoms in total. The smallest absolute Gasteiger partial charge is 0.0619 e. The van der Waals surface area contributed by atoms with Crippen molar-refractivity contribution in [3.63, 3.8) is 0 Å². The van der Waals surface area contributed by atoms with Crippen LogP contribution >= 0.6 is 0 Å². The zero-order valence-corrected chi connectivity index (χ0v) is 39.4. The molecule has 326 valence electrons. The van der Waals surface area contributed by atoms with Gasteiger partial charge in [-0.25, -0.2) is 0 Å². The predicted molar refractivity (Wildman–Crippen MR) is 282 cm³/mol. The first-order valence-electron chi connectivity index (χ1n) is 24.2. The molecule has 2 fully saturated rings. The molecular weight excluding hydrogens is 797 g/mol. The summed E-state index contributed by atoms with van der Waals surface area (Å²) >= 11 is 0. The van der Waals surface area contributed by atoms with E-state index in [2.05, 4.69) is 233 Å². The molecule has 0 aromatic heterocycles. The van der Waals surface area contributed by atoms with Crippen molar-refractivity contribution in [2.45, 2.75) is 90.9 Å².